The number of hydrogen-bond acceptors (Lipinski definition) is 3. The molecule has 6 heteroatoms. The number of nitrogens with one attached hydrogen (secondary N) is 1. The fourth-order valence-corrected chi connectivity index (χ4v) is 2.68. The summed E-state index contributed by atoms with van der Waals surface area (Å²) in [6.07, 6.45) is 0. The molecule has 0 spiro atoms. The Kier molecular flexibility index (Phi) is 5.28. The Morgan fingerprint density at radius 2 is 2.00 bits per heavy atom. The van der Waals surface area contributed by atoms with Gasteiger partial charge in [0, 0.05) is 12.1 Å². The minimum Gasteiger partial charge on any atom is -0.320 e. The van der Waals surface area contributed by atoms with E-state index < -0.39 is 15.8 Å². The van der Waals surface area contributed by atoms with Crippen molar-refractivity contribution in [3.63, 3.8) is 0 Å². The van der Waals surface area contributed by atoms with E-state index in [0.29, 0.717) is 5.56 Å². The van der Waals surface area contributed by atoms with Gasteiger partial charge in [0.05, 0.1) is 6.54 Å². The van der Waals surface area contributed by atoms with E-state index in [0.717, 1.165) is 6.07 Å². The molecular formula is C14H19FN2O2S. The highest BCUT2D eigenvalue weighted by Crippen LogP contribution is 2.17. The molecule has 0 aliphatic rings. The Bertz CT molecular complexity index is 637. The van der Waals surface area contributed by atoms with E-state index >= 15 is 0 Å². The molecule has 4 nitrogen and oxygen atoms in total. The van der Waals surface area contributed by atoms with E-state index in [1.165, 1.54) is 12.1 Å². The highest BCUT2D eigenvalue weighted by atomic mass is 32.2. The second-order valence-electron chi connectivity index (χ2n) is 5.54. The molecule has 0 saturated carbocycles. The predicted octanol–water partition coefficient (Wildman–Crippen LogP) is 1.46. The van der Waals surface area contributed by atoms with Crippen LogP contribution in [0.4, 0.5) is 4.39 Å². The molecule has 0 amide bonds. The molecule has 0 aromatic heterocycles. The van der Waals surface area contributed by atoms with E-state index in [-0.39, 0.29) is 23.4 Å². The summed E-state index contributed by atoms with van der Waals surface area (Å²) in [5, 5.41) is 0. The van der Waals surface area contributed by atoms with Crippen LogP contribution < -0.4 is 10.5 Å². The molecular weight excluding hydrogens is 279 g/mol. The minimum atomic E-state index is -3.86. The highest BCUT2D eigenvalue weighted by Gasteiger charge is 2.21. The third-order valence-electron chi connectivity index (χ3n) is 2.35. The van der Waals surface area contributed by atoms with Gasteiger partial charge in [-0.1, -0.05) is 32.6 Å². The zero-order valence-electron chi connectivity index (χ0n) is 11.8. The first-order valence-corrected chi connectivity index (χ1v) is 7.62. The van der Waals surface area contributed by atoms with E-state index in [2.05, 4.69) is 16.6 Å². The van der Waals surface area contributed by atoms with Gasteiger partial charge in [-0.3, -0.25) is 0 Å². The molecule has 20 heavy (non-hydrogen) atoms. The van der Waals surface area contributed by atoms with E-state index in [4.69, 9.17) is 5.73 Å². The summed E-state index contributed by atoms with van der Waals surface area (Å²) >= 11 is 0. The van der Waals surface area contributed by atoms with Crippen LogP contribution in [0.15, 0.2) is 23.1 Å². The van der Waals surface area contributed by atoms with Gasteiger partial charge in [-0.05, 0) is 23.6 Å². The lowest BCUT2D eigenvalue weighted by atomic mass is 9.98. The van der Waals surface area contributed by atoms with Crippen molar-refractivity contribution in [3.05, 3.63) is 29.6 Å². The normalized spacial score (nSPS) is 11.8. The number of benzene rings is 1. The number of nitrogens with two attached hydrogens (primary N) is 1. The fourth-order valence-electron chi connectivity index (χ4n) is 1.34. The first-order chi connectivity index (χ1) is 9.15. The Labute approximate surface area is 119 Å². The molecule has 0 radical (unpaired) electrons. The average molecular weight is 298 g/mol. The minimum absolute atomic E-state index is 0.162. The summed E-state index contributed by atoms with van der Waals surface area (Å²) in [5.74, 6) is 4.41. The summed E-state index contributed by atoms with van der Waals surface area (Å²) < 4.78 is 40.3. The summed E-state index contributed by atoms with van der Waals surface area (Å²) in [6, 6.07) is 3.76. The van der Waals surface area contributed by atoms with Gasteiger partial charge >= 0.3 is 0 Å². The van der Waals surface area contributed by atoms with Gasteiger partial charge < -0.3 is 5.73 Å². The second-order valence-corrected chi connectivity index (χ2v) is 7.27. The Morgan fingerprint density at radius 1 is 1.35 bits per heavy atom. The quantitative estimate of drug-likeness (QED) is 0.830. The lowest BCUT2D eigenvalue weighted by Gasteiger charge is -2.18. The molecule has 1 aromatic rings. The van der Waals surface area contributed by atoms with Crippen LogP contribution in [-0.2, 0) is 10.0 Å². The van der Waals surface area contributed by atoms with Crippen LogP contribution in [-0.4, -0.2) is 21.5 Å². The Morgan fingerprint density at radius 3 is 2.50 bits per heavy atom. The number of rotatable bonds is 3. The molecule has 0 aliphatic heterocycles. The van der Waals surface area contributed by atoms with Crippen molar-refractivity contribution in [2.45, 2.75) is 25.7 Å². The fraction of sp³-hybridized carbons (Fsp3) is 0.429. The standard InChI is InChI=1S/C14H19FN2O2S/c1-14(2,3)10-17-20(18,19)13-7-6-11(5-4-8-16)9-12(13)15/h6-7,9,17H,8,10,16H2,1-3H3. The Balaban J connectivity index is 3.02. The number of halogens is 1. The van der Waals surface area contributed by atoms with Crippen molar-refractivity contribution in [1.82, 2.24) is 4.72 Å². The van der Waals surface area contributed by atoms with E-state index in [1.54, 1.807) is 0 Å². The first-order valence-electron chi connectivity index (χ1n) is 6.14. The van der Waals surface area contributed by atoms with E-state index in [1.807, 2.05) is 20.8 Å². The Hall–Kier alpha value is -1.42. The molecule has 0 bridgehead atoms. The first kappa shape index (κ1) is 16.6. The molecule has 110 valence electrons. The van der Waals surface area contributed by atoms with Crippen molar-refractivity contribution < 1.29 is 12.8 Å². The molecule has 1 aromatic carbocycles. The third kappa shape index (κ3) is 4.93. The van der Waals surface area contributed by atoms with Crippen LogP contribution in [0.5, 0.6) is 0 Å². The van der Waals surface area contributed by atoms with Gasteiger partial charge in [0.25, 0.3) is 0 Å². The van der Waals surface area contributed by atoms with Crippen LogP contribution in [0.1, 0.15) is 26.3 Å². The van der Waals surface area contributed by atoms with Crippen molar-refractivity contribution in [3.8, 4) is 11.8 Å². The molecule has 3 N–H and O–H groups in total. The molecule has 0 aliphatic carbocycles. The summed E-state index contributed by atoms with van der Waals surface area (Å²) in [5.41, 5.74) is 5.39. The largest absolute Gasteiger partial charge is 0.320 e. The average Bonchev–Trinajstić information content (AvgIpc) is 2.33. The summed E-state index contributed by atoms with van der Waals surface area (Å²) in [7, 11) is -3.86. The summed E-state index contributed by atoms with van der Waals surface area (Å²) in [4.78, 5) is -0.375. The van der Waals surface area contributed by atoms with Gasteiger partial charge in [0.1, 0.15) is 10.7 Å². The second kappa shape index (κ2) is 6.35. The predicted molar refractivity (Wildman–Crippen MR) is 77.0 cm³/mol. The van der Waals surface area contributed by atoms with Crippen molar-refractivity contribution in [1.29, 1.82) is 0 Å². The molecule has 0 unspecified atom stereocenters. The van der Waals surface area contributed by atoms with Crippen molar-refractivity contribution >= 4 is 10.0 Å². The monoisotopic (exact) mass is 298 g/mol. The molecule has 1 rings (SSSR count). The molecule has 0 atom stereocenters. The van der Waals surface area contributed by atoms with Crippen LogP contribution in [0.25, 0.3) is 0 Å². The summed E-state index contributed by atoms with van der Waals surface area (Å²) in [6.45, 7) is 6.05. The lowest BCUT2D eigenvalue weighted by Crippen LogP contribution is -2.32. The topological polar surface area (TPSA) is 72.2 Å². The number of hydrogen-bond donors (Lipinski definition) is 2. The maximum absolute atomic E-state index is 13.9. The van der Waals surface area contributed by atoms with Crippen molar-refractivity contribution in [2.75, 3.05) is 13.1 Å². The van der Waals surface area contributed by atoms with E-state index in [9.17, 15) is 12.8 Å². The SMILES string of the molecule is CC(C)(C)CNS(=O)(=O)c1ccc(C#CCN)cc1F. The van der Waals surface area contributed by atoms with Crippen LogP contribution in [0.2, 0.25) is 0 Å². The molecule has 0 heterocycles. The zero-order chi connectivity index (χ0) is 15.4. The maximum atomic E-state index is 13.9. The van der Waals surface area contributed by atoms with Crippen LogP contribution >= 0.6 is 0 Å². The molecule has 0 saturated heterocycles. The van der Waals surface area contributed by atoms with Gasteiger partial charge in [-0.15, -0.1) is 0 Å². The van der Waals surface area contributed by atoms with Gasteiger partial charge in [-0.25, -0.2) is 17.5 Å². The van der Waals surface area contributed by atoms with Gasteiger partial charge in [0.15, 0.2) is 0 Å². The lowest BCUT2D eigenvalue weighted by molar-refractivity contribution is 0.407. The maximum Gasteiger partial charge on any atom is 0.243 e. The molecule has 0 fully saturated rings. The van der Waals surface area contributed by atoms with Crippen molar-refractivity contribution in [2.24, 2.45) is 11.1 Å². The zero-order valence-corrected chi connectivity index (χ0v) is 12.6. The third-order valence-corrected chi connectivity index (χ3v) is 3.78. The number of sulfonamides is 1. The van der Waals surface area contributed by atoms with Gasteiger partial charge in [-0.2, -0.15) is 0 Å². The van der Waals surface area contributed by atoms with Gasteiger partial charge in [0.2, 0.25) is 10.0 Å². The highest BCUT2D eigenvalue weighted by molar-refractivity contribution is 7.89. The van der Waals surface area contributed by atoms with Crippen LogP contribution in [0, 0.1) is 23.1 Å². The smallest absolute Gasteiger partial charge is 0.243 e. The van der Waals surface area contributed by atoms with Crippen LogP contribution in [0.3, 0.4) is 0 Å².